The summed E-state index contributed by atoms with van der Waals surface area (Å²) >= 11 is 0. The van der Waals surface area contributed by atoms with E-state index in [1.807, 2.05) is 0 Å². The first-order valence-corrected chi connectivity index (χ1v) is 9.67. The van der Waals surface area contributed by atoms with Crippen molar-refractivity contribution < 1.29 is 75.0 Å². The number of benzene rings is 1. The second-order valence-corrected chi connectivity index (χ2v) is 7.61. The summed E-state index contributed by atoms with van der Waals surface area (Å²) in [6.45, 7) is -3.01. The van der Waals surface area contributed by atoms with Crippen molar-refractivity contribution >= 4 is 23.9 Å². The molecule has 35 heavy (non-hydrogen) atoms. The van der Waals surface area contributed by atoms with Gasteiger partial charge in [0, 0.05) is 0 Å². The lowest BCUT2D eigenvalue weighted by molar-refractivity contribution is -0.103. The number of rotatable bonds is 14. The predicted octanol–water partition coefficient (Wildman–Crippen LogP) is -2.59. The van der Waals surface area contributed by atoms with Crippen molar-refractivity contribution in [2.75, 3.05) is 52.9 Å². The number of aliphatic hydroxyl groups excluding tert-OH is 6. The van der Waals surface area contributed by atoms with Gasteiger partial charge in [0.25, 0.3) is 0 Å². The van der Waals surface area contributed by atoms with Crippen LogP contribution in [0.5, 0.6) is 0 Å². The molecule has 15 nitrogen and oxygen atoms in total. The van der Waals surface area contributed by atoms with Gasteiger partial charge < -0.3 is 55.8 Å². The zero-order chi connectivity index (χ0) is 27.4. The number of carboxylic acid groups (broad SMARTS) is 4. The Morgan fingerprint density at radius 3 is 0.857 bits per heavy atom. The molecule has 10 N–H and O–H groups in total. The molecule has 0 heterocycles. The SMILES string of the molecule is O=C(O)c1cc(C(=O)O)c(C(=O)O)cc1C(=O)O.OCC(CO)(CO)COCC(CO)(CO)CO. The van der Waals surface area contributed by atoms with Crippen LogP contribution in [0.2, 0.25) is 0 Å². The fourth-order valence-electron chi connectivity index (χ4n) is 2.37. The molecule has 0 aromatic heterocycles. The van der Waals surface area contributed by atoms with Crippen LogP contribution in [0.25, 0.3) is 0 Å². The Kier molecular flexibility index (Phi) is 13.0. The van der Waals surface area contributed by atoms with Crippen LogP contribution in [0, 0.1) is 10.8 Å². The molecule has 0 aliphatic rings. The molecule has 0 aliphatic heterocycles. The number of hydrogen-bond acceptors (Lipinski definition) is 11. The maximum Gasteiger partial charge on any atom is 0.336 e. The first kappa shape index (κ1) is 31.8. The van der Waals surface area contributed by atoms with Crippen molar-refractivity contribution in [3.05, 3.63) is 34.4 Å². The summed E-state index contributed by atoms with van der Waals surface area (Å²) in [6, 6.07) is 1.02. The highest BCUT2D eigenvalue weighted by Crippen LogP contribution is 2.20. The van der Waals surface area contributed by atoms with Gasteiger partial charge in [0.1, 0.15) is 0 Å². The molecule has 0 bridgehead atoms. The van der Waals surface area contributed by atoms with Crippen molar-refractivity contribution in [1.82, 2.24) is 0 Å². The van der Waals surface area contributed by atoms with Gasteiger partial charge in [-0.15, -0.1) is 0 Å². The third kappa shape index (κ3) is 8.52. The normalized spacial score (nSPS) is 11.4. The van der Waals surface area contributed by atoms with Gasteiger partial charge in [-0.25, -0.2) is 19.2 Å². The number of carbonyl (C=O) groups is 4. The molecule has 0 amide bonds. The molecule has 0 atom stereocenters. The summed E-state index contributed by atoms with van der Waals surface area (Å²) in [5.74, 6) is -6.64. The number of aromatic carboxylic acids is 4. The van der Waals surface area contributed by atoms with Gasteiger partial charge in [-0.05, 0) is 12.1 Å². The molecular weight excluding hydrogens is 480 g/mol. The van der Waals surface area contributed by atoms with Crippen LogP contribution in [0.4, 0.5) is 0 Å². The fourth-order valence-corrected chi connectivity index (χ4v) is 2.37. The number of carboxylic acids is 4. The van der Waals surface area contributed by atoms with Crippen LogP contribution < -0.4 is 0 Å². The van der Waals surface area contributed by atoms with Crippen LogP contribution in [0.15, 0.2) is 12.1 Å². The Balaban J connectivity index is 0.000000662. The van der Waals surface area contributed by atoms with Gasteiger partial charge in [0.15, 0.2) is 0 Å². The molecule has 1 aromatic carbocycles. The average Bonchev–Trinajstić information content (AvgIpc) is 2.84. The van der Waals surface area contributed by atoms with E-state index < -0.39 is 96.6 Å². The molecule has 15 heteroatoms. The van der Waals surface area contributed by atoms with E-state index in [1.165, 1.54) is 0 Å². The molecule has 0 aliphatic carbocycles. The summed E-state index contributed by atoms with van der Waals surface area (Å²) in [7, 11) is 0. The smallest absolute Gasteiger partial charge is 0.336 e. The standard InChI is InChI=1S/C10H6O8.C10H22O7/c11-7(12)3-1-4(8(13)14)6(10(17)18)2-5(3)9(15)16;11-1-9(2-12,3-13)7-17-8-10(4-14,5-15)6-16/h1-2H,(H,11,12)(H,13,14)(H,15,16)(H,17,18);11-16H,1-8H2. The molecule has 0 radical (unpaired) electrons. The minimum absolute atomic E-state index is 0.141. The number of hydrogen-bond donors (Lipinski definition) is 10. The summed E-state index contributed by atoms with van der Waals surface area (Å²) in [5.41, 5.74) is -5.47. The second-order valence-electron chi connectivity index (χ2n) is 7.61. The molecule has 0 saturated carbocycles. The van der Waals surface area contributed by atoms with Crippen molar-refractivity contribution in [2.24, 2.45) is 10.8 Å². The minimum Gasteiger partial charge on any atom is -0.478 e. The van der Waals surface area contributed by atoms with Crippen LogP contribution >= 0.6 is 0 Å². The van der Waals surface area contributed by atoms with Crippen molar-refractivity contribution in [1.29, 1.82) is 0 Å². The molecule has 198 valence electrons. The van der Waals surface area contributed by atoms with E-state index >= 15 is 0 Å². The molecular formula is C20H28O15. The molecule has 0 unspecified atom stereocenters. The Morgan fingerprint density at radius 2 is 0.714 bits per heavy atom. The Hall–Kier alpha value is -3.18. The molecule has 0 spiro atoms. The third-order valence-electron chi connectivity index (χ3n) is 4.91. The van der Waals surface area contributed by atoms with E-state index in [1.54, 1.807) is 0 Å². The van der Waals surface area contributed by atoms with Gasteiger partial charge in [-0.2, -0.15) is 0 Å². The fraction of sp³-hybridized carbons (Fsp3) is 0.500. The zero-order valence-electron chi connectivity index (χ0n) is 18.3. The Bertz CT molecular complexity index is 752. The van der Waals surface area contributed by atoms with E-state index in [-0.39, 0.29) is 13.2 Å². The van der Waals surface area contributed by atoms with Gasteiger partial charge in [0.2, 0.25) is 0 Å². The lowest BCUT2D eigenvalue weighted by Gasteiger charge is -2.31. The van der Waals surface area contributed by atoms with E-state index in [9.17, 15) is 19.2 Å². The monoisotopic (exact) mass is 508 g/mol. The van der Waals surface area contributed by atoms with Crippen LogP contribution in [0.1, 0.15) is 41.4 Å². The number of aliphatic hydroxyl groups is 6. The maximum atomic E-state index is 10.8. The van der Waals surface area contributed by atoms with Crippen molar-refractivity contribution in [3.63, 3.8) is 0 Å². The first-order chi connectivity index (χ1) is 16.3. The quantitative estimate of drug-likeness (QED) is 0.123. The van der Waals surface area contributed by atoms with Gasteiger partial charge in [-0.1, -0.05) is 0 Å². The molecule has 0 fully saturated rings. The molecule has 0 saturated heterocycles. The third-order valence-corrected chi connectivity index (χ3v) is 4.91. The highest BCUT2D eigenvalue weighted by atomic mass is 16.5. The van der Waals surface area contributed by atoms with Gasteiger partial charge >= 0.3 is 23.9 Å². The van der Waals surface area contributed by atoms with Gasteiger partial charge in [0.05, 0.1) is 85.9 Å². The van der Waals surface area contributed by atoms with Crippen LogP contribution in [-0.4, -0.2) is 128 Å². The van der Waals surface area contributed by atoms with Crippen molar-refractivity contribution in [3.8, 4) is 0 Å². The minimum atomic E-state index is -1.66. The first-order valence-electron chi connectivity index (χ1n) is 9.67. The van der Waals surface area contributed by atoms with Crippen LogP contribution in [-0.2, 0) is 4.74 Å². The Labute approximate surface area is 197 Å². The van der Waals surface area contributed by atoms with Crippen molar-refractivity contribution in [2.45, 2.75) is 0 Å². The molecule has 1 rings (SSSR count). The summed E-state index contributed by atoms with van der Waals surface area (Å²) in [6.07, 6.45) is 0. The van der Waals surface area contributed by atoms with E-state index in [0.717, 1.165) is 0 Å². The van der Waals surface area contributed by atoms with E-state index in [0.29, 0.717) is 12.1 Å². The lowest BCUT2D eigenvalue weighted by atomic mass is 9.91. The summed E-state index contributed by atoms with van der Waals surface area (Å²) in [4.78, 5) is 43.1. The van der Waals surface area contributed by atoms with Gasteiger partial charge in [-0.3, -0.25) is 0 Å². The average molecular weight is 508 g/mol. The topological polar surface area (TPSA) is 280 Å². The van der Waals surface area contributed by atoms with Crippen LogP contribution in [0.3, 0.4) is 0 Å². The van der Waals surface area contributed by atoms with E-state index in [2.05, 4.69) is 0 Å². The summed E-state index contributed by atoms with van der Waals surface area (Å²) < 4.78 is 5.15. The zero-order valence-corrected chi connectivity index (χ0v) is 18.3. The number of ether oxygens (including phenoxy) is 1. The summed E-state index contributed by atoms with van der Waals surface area (Å²) in [5, 5.41) is 89.2. The largest absolute Gasteiger partial charge is 0.478 e. The highest BCUT2D eigenvalue weighted by molar-refractivity contribution is 6.09. The lowest BCUT2D eigenvalue weighted by Crippen LogP contribution is -2.43. The highest BCUT2D eigenvalue weighted by Gasteiger charge is 2.33. The predicted molar refractivity (Wildman–Crippen MR) is 112 cm³/mol. The Morgan fingerprint density at radius 1 is 0.514 bits per heavy atom. The second kappa shape index (κ2) is 14.3. The van der Waals surface area contributed by atoms with E-state index in [4.69, 9.17) is 55.8 Å². The maximum absolute atomic E-state index is 10.8. The molecule has 1 aromatic rings.